The van der Waals surface area contributed by atoms with E-state index < -0.39 is 11.7 Å². The Morgan fingerprint density at radius 2 is 0.655 bits per heavy atom. The molecule has 0 spiro atoms. The van der Waals surface area contributed by atoms with Crippen LogP contribution in [0.2, 0.25) is 0 Å². The van der Waals surface area contributed by atoms with E-state index in [9.17, 15) is 9.59 Å². The predicted molar refractivity (Wildman–Crippen MR) is 224 cm³/mol. The number of ether oxygens (including phenoxy) is 12. The predicted octanol–water partition coefficient (Wildman–Crippen LogP) is 6.70. The molecule has 0 rings (SSSR count). The zero-order valence-electron chi connectivity index (χ0n) is 37.2. The van der Waals surface area contributed by atoms with Crippen LogP contribution in [0.5, 0.6) is 0 Å². The fourth-order valence-electron chi connectivity index (χ4n) is 5.19. The molecule has 0 aromatic rings. The van der Waals surface area contributed by atoms with Crippen molar-refractivity contribution in [2.75, 3.05) is 145 Å². The molecule has 58 heavy (non-hydrogen) atoms. The number of amides is 1. The fourth-order valence-corrected chi connectivity index (χ4v) is 5.19. The van der Waals surface area contributed by atoms with Crippen LogP contribution in [0.1, 0.15) is 118 Å². The lowest BCUT2D eigenvalue weighted by atomic mass is 10.0. The van der Waals surface area contributed by atoms with Crippen LogP contribution in [0.15, 0.2) is 0 Å². The van der Waals surface area contributed by atoms with Gasteiger partial charge in [-0.25, -0.2) is 4.79 Å². The molecule has 0 aromatic heterocycles. The second-order valence-corrected chi connectivity index (χ2v) is 14.8. The van der Waals surface area contributed by atoms with E-state index in [2.05, 4.69) is 12.2 Å². The number of carbonyl (C=O) groups is 2. The summed E-state index contributed by atoms with van der Waals surface area (Å²) in [5, 5.41) is 2.63. The average Bonchev–Trinajstić information content (AvgIpc) is 3.19. The number of nitrogens with one attached hydrogen (secondary N) is 1. The van der Waals surface area contributed by atoms with E-state index in [-0.39, 0.29) is 12.6 Å². The average molecular weight is 840 g/mol. The first-order valence-electron chi connectivity index (χ1n) is 22.2. The zero-order chi connectivity index (χ0) is 42.3. The maximum absolute atomic E-state index is 11.9. The highest BCUT2D eigenvalue weighted by molar-refractivity contribution is 5.69. The van der Waals surface area contributed by atoms with Crippen LogP contribution in [-0.2, 0) is 61.6 Å². The summed E-state index contributed by atoms with van der Waals surface area (Å²) >= 11 is 0. The van der Waals surface area contributed by atoms with E-state index >= 15 is 0 Å². The summed E-state index contributed by atoms with van der Waals surface area (Å²) in [7, 11) is 0. The molecule has 0 saturated heterocycles. The molecule has 0 aliphatic rings. The molecule has 0 atom stereocenters. The van der Waals surface area contributed by atoms with Crippen molar-refractivity contribution in [3.63, 3.8) is 0 Å². The third kappa shape index (κ3) is 50.5. The molecule has 0 radical (unpaired) electrons. The number of carbonyl (C=O) groups excluding carboxylic acids is 2. The van der Waals surface area contributed by atoms with Crippen molar-refractivity contribution >= 4 is 12.1 Å². The molecule has 0 bridgehead atoms. The molecule has 0 fully saturated rings. The van der Waals surface area contributed by atoms with Crippen molar-refractivity contribution in [2.24, 2.45) is 0 Å². The summed E-state index contributed by atoms with van der Waals surface area (Å²) in [4.78, 5) is 23.4. The Bertz CT molecular complexity index is 848. The second-order valence-electron chi connectivity index (χ2n) is 14.8. The molecule has 15 nitrogen and oxygen atoms in total. The third-order valence-electron chi connectivity index (χ3n) is 8.24. The summed E-state index contributed by atoms with van der Waals surface area (Å²) < 4.78 is 65.2. The summed E-state index contributed by atoms with van der Waals surface area (Å²) in [5.41, 5.74) is -0.515. The van der Waals surface area contributed by atoms with Gasteiger partial charge in [0.15, 0.2) is 0 Å². The number of unbranched alkanes of at least 4 members (excludes halogenated alkanes) is 12. The Labute approximate surface area is 351 Å². The summed E-state index contributed by atoms with van der Waals surface area (Å²) in [6.45, 7) is 17.7. The van der Waals surface area contributed by atoms with Gasteiger partial charge in [0.05, 0.1) is 132 Å². The summed E-state index contributed by atoms with van der Waals surface area (Å²) in [5.74, 6) is -0.136. The smallest absolute Gasteiger partial charge is 0.407 e. The molecular formula is C43H85NO14. The Balaban J connectivity index is 3.15. The van der Waals surface area contributed by atoms with Crippen LogP contribution in [0, 0.1) is 0 Å². The number of alkyl carbamates (subject to hydrolysis) is 1. The molecular weight excluding hydrogens is 754 g/mol. The van der Waals surface area contributed by atoms with Gasteiger partial charge in [-0.2, -0.15) is 0 Å². The van der Waals surface area contributed by atoms with Crippen molar-refractivity contribution in [2.45, 2.75) is 123 Å². The highest BCUT2D eigenvalue weighted by atomic mass is 16.6. The molecule has 346 valence electrons. The minimum atomic E-state index is -0.515. The molecule has 15 heteroatoms. The van der Waals surface area contributed by atoms with Crippen molar-refractivity contribution in [3.05, 3.63) is 0 Å². The lowest BCUT2D eigenvalue weighted by Crippen LogP contribution is -2.34. The fraction of sp³-hybridized carbons (Fsp3) is 0.953. The van der Waals surface area contributed by atoms with Gasteiger partial charge in [0, 0.05) is 13.0 Å². The molecule has 1 amide bonds. The normalized spacial score (nSPS) is 11.7. The van der Waals surface area contributed by atoms with Gasteiger partial charge < -0.3 is 62.2 Å². The largest absolute Gasteiger partial charge is 0.463 e. The standard InChI is InChI=1S/C43H85NO14/c1-5-6-7-8-9-10-11-12-13-14-15-16-17-18-41(45)57-40-39-56-38-37-55-36-35-54-34-33-53-32-31-52-30-29-51-28-27-50-26-25-49-24-23-48-22-21-47-20-19-44-42(46)58-43(2,3)4/h5-40H2,1-4H3,(H,44,46). The number of hydrogen-bond acceptors (Lipinski definition) is 14. The van der Waals surface area contributed by atoms with Crippen molar-refractivity contribution < 1.29 is 66.4 Å². The van der Waals surface area contributed by atoms with Crippen molar-refractivity contribution in [1.29, 1.82) is 0 Å². The van der Waals surface area contributed by atoms with E-state index in [4.69, 9.17) is 56.8 Å². The van der Waals surface area contributed by atoms with E-state index in [0.717, 1.165) is 12.8 Å². The monoisotopic (exact) mass is 840 g/mol. The first kappa shape index (κ1) is 56.3. The molecule has 0 saturated carbocycles. The highest BCUT2D eigenvalue weighted by Gasteiger charge is 2.15. The summed E-state index contributed by atoms with van der Waals surface area (Å²) in [6.07, 6.45) is 16.8. The van der Waals surface area contributed by atoms with Crippen molar-refractivity contribution in [3.8, 4) is 0 Å². The van der Waals surface area contributed by atoms with E-state index in [1.165, 1.54) is 70.6 Å². The molecule has 0 heterocycles. The third-order valence-corrected chi connectivity index (χ3v) is 8.24. The Morgan fingerprint density at radius 3 is 0.966 bits per heavy atom. The molecule has 1 N–H and O–H groups in total. The summed E-state index contributed by atoms with van der Waals surface area (Å²) in [6, 6.07) is 0. The zero-order valence-corrected chi connectivity index (χ0v) is 37.2. The van der Waals surface area contributed by atoms with Crippen LogP contribution >= 0.6 is 0 Å². The van der Waals surface area contributed by atoms with Crippen LogP contribution < -0.4 is 5.32 Å². The molecule has 0 aromatic carbocycles. The minimum Gasteiger partial charge on any atom is -0.463 e. The van der Waals surface area contributed by atoms with Gasteiger partial charge in [0.1, 0.15) is 12.2 Å². The Morgan fingerprint density at radius 1 is 0.379 bits per heavy atom. The van der Waals surface area contributed by atoms with E-state index in [1.807, 2.05) is 20.8 Å². The van der Waals surface area contributed by atoms with Gasteiger partial charge in [0.2, 0.25) is 0 Å². The van der Waals surface area contributed by atoms with Crippen LogP contribution in [0.25, 0.3) is 0 Å². The van der Waals surface area contributed by atoms with Gasteiger partial charge in [-0.15, -0.1) is 0 Å². The topological polar surface area (TPSA) is 157 Å². The molecule has 0 aliphatic carbocycles. The van der Waals surface area contributed by atoms with Gasteiger partial charge in [-0.1, -0.05) is 84.0 Å². The lowest BCUT2D eigenvalue weighted by Gasteiger charge is -2.19. The van der Waals surface area contributed by atoms with Gasteiger partial charge in [-0.05, 0) is 27.2 Å². The van der Waals surface area contributed by atoms with Crippen LogP contribution in [0.3, 0.4) is 0 Å². The van der Waals surface area contributed by atoms with Crippen LogP contribution in [-0.4, -0.2) is 163 Å². The maximum atomic E-state index is 11.9. The quantitative estimate of drug-likeness (QED) is 0.0510. The van der Waals surface area contributed by atoms with Crippen molar-refractivity contribution in [1.82, 2.24) is 5.32 Å². The highest BCUT2D eigenvalue weighted by Crippen LogP contribution is 2.13. The SMILES string of the molecule is CCCCCCCCCCCCCCCC(=O)OCCOCCOCCOCCOCCOCCOCCOCCOCCOCCOCCNC(=O)OC(C)(C)C. The van der Waals surface area contributed by atoms with Gasteiger partial charge in [-0.3, -0.25) is 4.79 Å². The van der Waals surface area contributed by atoms with Gasteiger partial charge in [0.25, 0.3) is 0 Å². The lowest BCUT2D eigenvalue weighted by molar-refractivity contribution is -0.145. The maximum Gasteiger partial charge on any atom is 0.407 e. The number of rotatable bonds is 47. The van der Waals surface area contributed by atoms with E-state index in [0.29, 0.717) is 145 Å². The molecule has 0 unspecified atom stereocenters. The Kier molecular flexibility index (Phi) is 45.1. The number of hydrogen-bond donors (Lipinski definition) is 1. The van der Waals surface area contributed by atoms with E-state index in [1.54, 1.807) is 0 Å². The minimum absolute atomic E-state index is 0.136. The number of esters is 1. The first-order chi connectivity index (χ1) is 28.3. The Hall–Kier alpha value is -1.66. The first-order valence-corrected chi connectivity index (χ1v) is 22.2. The molecule has 0 aliphatic heterocycles. The van der Waals surface area contributed by atoms with Gasteiger partial charge >= 0.3 is 12.1 Å². The van der Waals surface area contributed by atoms with Crippen LogP contribution in [0.4, 0.5) is 4.79 Å². The second kappa shape index (κ2) is 46.4.